The van der Waals surface area contributed by atoms with E-state index in [9.17, 15) is 5.21 Å². The Morgan fingerprint density at radius 1 is 0.958 bits per heavy atom. The van der Waals surface area contributed by atoms with Crippen molar-refractivity contribution in [1.29, 1.82) is 0 Å². The van der Waals surface area contributed by atoms with Crippen molar-refractivity contribution >= 4 is 11.0 Å². The molecule has 1 heterocycles. The fourth-order valence-electron chi connectivity index (χ4n) is 3.04. The smallest absolute Gasteiger partial charge is 0.137 e. The van der Waals surface area contributed by atoms with Crippen LogP contribution in [0.1, 0.15) is 37.5 Å². The van der Waals surface area contributed by atoms with Gasteiger partial charge in [-0.3, -0.25) is 0 Å². The van der Waals surface area contributed by atoms with Gasteiger partial charge in [-0.1, -0.05) is 56.3 Å². The standard InChI is InChI=1S/C21H23NO2/c1-13-10-14(2)20-17(22-23)12-18(24-19(20)11-13)15-6-8-16(9-7-15)21(3,4)5/h6-12,23H,1-5H3/b22-17-. The summed E-state index contributed by atoms with van der Waals surface area (Å²) in [6, 6.07) is 14.2. The molecule has 0 bridgehead atoms. The molecule has 3 aromatic rings. The molecule has 3 rings (SSSR count). The van der Waals surface area contributed by atoms with Gasteiger partial charge in [0.05, 0.1) is 0 Å². The first-order chi connectivity index (χ1) is 11.3. The van der Waals surface area contributed by atoms with E-state index in [0.717, 1.165) is 27.7 Å². The summed E-state index contributed by atoms with van der Waals surface area (Å²) in [4.78, 5) is 0. The molecule has 0 saturated carbocycles. The summed E-state index contributed by atoms with van der Waals surface area (Å²) in [7, 11) is 0. The summed E-state index contributed by atoms with van der Waals surface area (Å²) in [5.41, 5.74) is 5.24. The van der Waals surface area contributed by atoms with Gasteiger partial charge in [-0.05, 0) is 42.0 Å². The number of hydrogen-bond acceptors (Lipinski definition) is 3. The third-order valence-corrected chi connectivity index (χ3v) is 4.33. The molecule has 0 unspecified atom stereocenters. The maximum absolute atomic E-state index is 9.43. The van der Waals surface area contributed by atoms with E-state index in [4.69, 9.17) is 4.42 Å². The van der Waals surface area contributed by atoms with Crippen molar-refractivity contribution in [3.8, 4) is 11.3 Å². The zero-order valence-electron chi connectivity index (χ0n) is 14.8. The summed E-state index contributed by atoms with van der Waals surface area (Å²) < 4.78 is 6.11. The van der Waals surface area contributed by atoms with E-state index in [1.165, 1.54) is 5.56 Å². The molecule has 1 aromatic heterocycles. The first-order valence-electron chi connectivity index (χ1n) is 8.14. The highest BCUT2D eigenvalue weighted by atomic mass is 16.4. The van der Waals surface area contributed by atoms with Gasteiger partial charge in [0, 0.05) is 17.0 Å². The molecule has 0 spiro atoms. The lowest BCUT2D eigenvalue weighted by molar-refractivity contribution is 0.302. The number of rotatable bonds is 1. The fraction of sp³-hybridized carbons (Fsp3) is 0.286. The van der Waals surface area contributed by atoms with Crippen molar-refractivity contribution in [2.45, 2.75) is 40.0 Å². The summed E-state index contributed by atoms with van der Waals surface area (Å²) in [5, 5.41) is 14.3. The molecule has 0 fully saturated rings. The molecule has 3 heteroatoms. The third kappa shape index (κ3) is 2.94. The normalized spacial score (nSPS) is 12.8. The second-order valence-corrected chi connectivity index (χ2v) is 7.38. The average Bonchev–Trinajstić information content (AvgIpc) is 2.52. The van der Waals surface area contributed by atoms with Crippen molar-refractivity contribution in [3.63, 3.8) is 0 Å². The van der Waals surface area contributed by atoms with Gasteiger partial charge in [-0.2, -0.15) is 0 Å². The molecule has 0 aliphatic heterocycles. The molecular formula is C21H23NO2. The van der Waals surface area contributed by atoms with E-state index in [2.05, 4.69) is 56.3 Å². The van der Waals surface area contributed by atoms with E-state index in [-0.39, 0.29) is 5.41 Å². The Balaban J connectivity index is 2.21. The van der Waals surface area contributed by atoms with Crippen LogP contribution < -0.4 is 5.36 Å². The highest BCUT2D eigenvalue weighted by Gasteiger charge is 2.14. The van der Waals surface area contributed by atoms with Gasteiger partial charge in [0.15, 0.2) is 0 Å². The maximum Gasteiger partial charge on any atom is 0.137 e. The van der Waals surface area contributed by atoms with Crippen LogP contribution in [-0.2, 0) is 5.41 Å². The van der Waals surface area contributed by atoms with Crippen LogP contribution in [0.5, 0.6) is 0 Å². The molecule has 24 heavy (non-hydrogen) atoms. The Kier molecular flexibility index (Phi) is 3.96. The van der Waals surface area contributed by atoms with Gasteiger partial charge < -0.3 is 9.62 Å². The van der Waals surface area contributed by atoms with E-state index in [1.54, 1.807) is 6.07 Å². The zero-order valence-corrected chi connectivity index (χ0v) is 14.8. The highest BCUT2D eigenvalue weighted by Crippen LogP contribution is 2.28. The fourth-order valence-corrected chi connectivity index (χ4v) is 3.04. The van der Waals surface area contributed by atoms with E-state index < -0.39 is 0 Å². The summed E-state index contributed by atoms with van der Waals surface area (Å²) >= 11 is 0. The summed E-state index contributed by atoms with van der Waals surface area (Å²) in [5.74, 6) is 0.695. The van der Waals surface area contributed by atoms with Crippen LogP contribution in [0, 0.1) is 13.8 Å². The quantitative estimate of drug-likeness (QED) is 0.488. The lowest BCUT2D eigenvalue weighted by Crippen LogP contribution is -2.10. The molecule has 0 aliphatic carbocycles. The molecular weight excluding hydrogens is 298 g/mol. The Morgan fingerprint density at radius 3 is 2.21 bits per heavy atom. The van der Waals surface area contributed by atoms with Crippen LogP contribution >= 0.6 is 0 Å². The second kappa shape index (κ2) is 5.82. The highest BCUT2D eigenvalue weighted by molar-refractivity contribution is 5.82. The predicted octanol–water partition coefficient (Wildman–Crippen LogP) is 5.30. The first-order valence-corrected chi connectivity index (χ1v) is 8.14. The molecule has 1 N–H and O–H groups in total. The lowest BCUT2D eigenvalue weighted by Gasteiger charge is -2.19. The average molecular weight is 321 g/mol. The van der Waals surface area contributed by atoms with Gasteiger partial charge in [-0.25, -0.2) is 0 Å². The molecule has 124 valence electrons. The van der Waals surface area contributed by atoms with Crippen LogP contribution in [0.3, 0.4) is 0 Å². The minimum atomic E-state index is 0.110. The van der Waals surface area contributed by atoms with Gasteiger partial charge in [0.1, 0.15) is 16.7 Å². The zero-order chi connectivity index (χ0) is 17.5. The monoisotopic (exact) mass is 321 g/mol. The van der Waals surface area contributed by atoms with Crippen LogP contribution in [0.25, 0.3) is 22.3 Å². The van der Waals surface area contributed by atoms with E-state index in [1.807, 2.05) is 19.9 Å². The van der Waals surface area contributed by atoms with Gasteiger partial charge in [0.2, 0.25) is 0 Å². The molecule has 0 amide bonds. The minimum Gasteiger partial charge on any atom is -0.456 e. The summed E-state index contributed by atoms with van der Waals surface area (Å²) in [6.45, 7) is 10.6. The Hall–Kier alpha value is -2.55. The number of fused-ring (bicyclic) bond motifs is 1. The Labute approximate surface area is 142 Å². The topological polar surface area (TPSA) is 45.7 Å². The van der Waals surface area contributed by atoms with Crippen molar-refractivity contribution in [3.05, 3.63) is 64.5 Å². The predicted molar refractivity (Wildman–Crippen MR) is 97.2 cm³/mol. The largest absolute Gasteiger partial charge is 0.456 e. The molecule has 2 aromatic carbocycles. The van der Waals surface area contributed by atoms with Crippen molar-refractivity contribution in [1.82, 2.24) is 0 Å². The third-order valence-electron chi connectivity index (χ3n) is 4.33. The summed E-state index contributed by atoms with van der Waals surface area (Å²) in [6.07, 6.45) is 0. The first kappa shape index (κ1) is 16.3. The molecule has 0 radical (unpaired) electrons. The van der Waals surface area contributed by atoms with Crippen LogP contribution in [0.2, 0.25) is 0 Å². The minimum absolute atomic E-state index is 0.110. The lowest BCUT2D eigenvalue weighted by atomic mass is 9.86. The number of nitrogens with zero attached hydrogens (tertiary/aromatic N) is 1. The van der Waals surface area contributed by atoms with Crippen LogP contribution in [0.15, 0.2) is 52.0 Å². The molecule has 0 aliphatic rings. The van der Waals surface area contributed by atoms with Gasteiger partial charge >= 0.3 is 0 Å². The Morgan fingerprint density at radius 2 is 1.62 bits per heavy atom. The van der Waals surface area contributed by atoms with Crippen LogP contribution in [-0.4, -0.2) is 5.21 Å². The van der Waals surface area contributed by atoms with Crippen molar-refractivity contribution < 1.29 is 9.62 Å². The number of benzene rings is 2. The molecule has 0 saturated heterocycles. The van der Waals surface area contributed by atoms with Gasteiger partial charge in [0.25, 0.3) is 0 Å². The molecule has 0 atom stereocenters. The Bertz CT molecular complexity index is 958. The SMILES string of the molecule is Cc1cc(C)c2/c(=N\O)cc(-c3ccc(C(C)(C)C)cc3)oc2c1. The number of aryl methyl sites for hydroxylation is 2. The maximum atomic E-state index is 9.43. The van der Waals surface area contributed by atoms with Crippen molar-refractivity contribution in [2.24, 2.45) is 5.16 Å². The van der Waals surface area contributed by atoms with Gasteiger partial charge in [-0.15, -0.1) is 0 Å². The van der Waals surface area contributed by atoms with Crippen LogP contribution in [0.4, 0.5) is 0 Å². The van der Waals surface area contributed by atoms with E-state index >= 15 is 0 Å². The van der Waals surface area contributed by atoms with E-state index in [0.29, 0.717) is 11.1 Å². The van der Waals surface area contributed by atoms with Crippen molar-refractivity contribution in [2.75, 3.05) is 0 Å². The molecule has 3 nitrogen and oxygen atoms in total. The number of hydrogen-bond donors (Lipinski definition) is 1. The second-order valence-electron chi connectivity index (χ2n) is 7.38.